The molecule has 3 fully saturated rings. The van der Waals surface area contributed by atoms with Gasteiger partial charge in [0.25, 0.3) is 0 Å². The van der Waals surface area contributed by atoms with Crippen LogP contribution in [0.15, 0.2) is 0 Å². The van der Waals surface area contributed by atoms with E-state index in [1.54, 1.807) is 0 Å². The largest absolute Gasteiger partial charge is 0.310 e. The summed E-state index contributed by atoms with van der Waals surface area (Å²) < 4.78 is 0. The molecular weight excluding hydrogens is 74.1 g/mol. The summed E-state index contributed by atoms with van der Waals surface area (Å²) in [7, 11) is 0. The molecule has 1 spiro atoms. The van der Waals surface area contributed by atoms with Gasteiger partial charge in [0.15, 0.2) is 0 Å². The highest BCUT2D eigenvalue weighted by Crippen LogP contribution is 2.76. The zero-order valence-corrected chi connectivity index (χ0v) is 3.57. The SMILES string of the molecule is C1NC23CC2C13. The van der Waals surface area contributed by atoms with E-state index in [-0.39, 0.29) is 0 Å². The van der Waals surface area contributed by atoms with Crippen molar-refractivity contribution < 1.29 is 0 Å². The Morgan fingerprint density at radius 1 is 1.50 bits per heavy atom. The normalized spacial score (nSPS) is 80.0. The smallest absolute Gasteiger partial charge is 0.0261 e. The second-order valence-corrected chi connectivity index (χ2v) is 2.84. The van der Waals surface area contributed by atoms with Gasteiger partial charge >= 0.3 is 0 Å². The van der Waals surface area contributed by atoms with E-state index in [1.165, 1.54) is 13.0 Å². The van der Waals surface area contributed by atoms with Crippen LogP contribution in [0, 0.1) is 11.8 Å². The van der Waals surface area contributed by atoms with E-state index in [9.17, 15) is 0 Å². The fourth-order valence-electron chi connectivity index (χ4n) is 1.87. The average Bonchev–Trinajstić information content (AvgIpc) is 2.22. The molecule has 1 N–H and O–H groups in total. The topological polar surface area (TPSA) is 12.0 Å². The molecule has 1 nitrogen and oxygen atoms in total. The van der Waals surface area contributed by atoms with E-state index in [0.717, 1.165) is 17.4 Å². The Hall–Kier alpha value is -0.0400. The highest BCUT2D eigenvalue weighted by atomic mass is 15.3. The van der Waals surface area contributed by atoms with E-state index < -0.39 is 0 Å². The number of nitrogens with one attached hydrogen (secondary N) is 1. The number of fused-ring (bicyclic) bond motifs is 1. The molecule has 2 aliphatic carbocycles. The molecule has 1 heterocycles. The summed E-state index contributed by atoms with van der Waals surface area (Å²) in [5.74, 6) is 2.33. The molecule has 2 saturated carbocycles. The molecule has 1 saturated heterocycles. The Labute approximate surface area is 36.7 Å². The molecule has 0 amide bonds. The molecular formula is C5H7N. The molecule has 6 heavy (non-hydrogen) atoms. The lowest BCUT2D eigenvalue weighted by atomic mass is 10.1. The summed E-state index contributed by atoms with van der Waals surface area (Å²) in [6.45, 7) is 1.34. The highest BCUT2D eigenvalue weighted by molar-refractivity contribution is 5.39. The summed E-state index contributed by atoms with van der Waals surface area (Å²) in [4.78, 5) is 0. The maximum atomic E-state index is 3.43. The Morgan fingerprint density at radius 2 is 2.33 bits per heavy atom. The third-order valence-corrected chi connectivity index (χ3v) is 2.75. The standard InChI is InChI=1S/C5H7N/c1-3-4-2-6-5(1,3)4/h3-4,6H,1-2H2. The van der Waals surface area contributed by atoms with Crippen molar-refractivity contribution in [2.45, 2.75) is 12.0 Å². The third-order valence-electron chi connectivity index (χ3n) is 2.75. The van der Waals surface area contributed by atoms with Crippen LogP contribution in [-0.2, 0) is 0 Å². The summed E-state index contributed by atoms with van der Waals surface area (Å²) in [6.07, 6.45) is 1.51. The molecule has 0 aromatic heterocycles. The van der Waals surface area contributed by atoms with Gasteiger partial charge in [0, 0.05) is 12.1 Å². The lowest BCUT2D eigenvalue weighted by molar-refractivity contribution is 0.356. The molecule has 32 valence electrons. The molecule has 0 aromatic carbocycles. The minimum Gasteiger partial charge on any atom is -0.310 e. The maximum absolute atomic E-state index is 3.43. The molecule has 0 radical (unpaired) electrons. The second kappa shape index (κ2) is 0.348. The van der Waals surface area contributed by atoms with Crippen LogP contribution in [0.5, 0.6) is 0 Å². The van der Waals surface area contributed by atoms with Crippen LogP contribution in [0.3, 0.4) is 0 Å². The average molecular weight is 81.1 g/mol. The summed E-state index contributed by atoms with van der Waals surface area (Å²) in [5.41, 5.74) is 0.806. The van der Waals surface area contributed by atoms with Crippen LogP contribution in [0.2, 0.25) is 0 Å². The van der Waals surface area contributed by atoms with Crippen LogP contribution in [0.4, 0.5) is 0 Å². The van der Waals surface area contributed by atoms with Gasteiger partial charge in [0.1, 0.15) is 0 Å². The highest BCUT2D eigenvalue weighted by Gasteiger charge is 2.83. The first-order valence-electron chi connectivity index (χ1n) is 2.68. The molecule has 3 rings (SSSR count). The fourth-order valence-corrected chi connectivity index (χ4v) is 1.87. The predicted molar refractivity (Wildman–Crippen MR) is 22.3 cm³/mol. The van der Waals surface area contributed by atoms with Crippen molar-refractivity contribution in [2.75, 3.05) is 6.54 Å². The van der Waals surface area contributed by atoms with Gasteiger partial charge in [-0.15, -0.1) is 0 Å². The van der Waals surface area contributed by atoms with Gasteiger partial charge in [-0.2, -0.15) is 0 Å². The second-order valence-electron chi connectivity index (χ2n) is 2.84. The van der Waals surface area contributed by atoms with Crippen molar-refractivity contribution in [2.24, 2.45) is 11.8 Å². The van der Waals surface area contributed by atoms with Crippen molar-refractivity contribution in [1.82, 2.24) is 5.32 Å². The van der Waals surface area contributed by atoms with Gasteiger partial charge in [-0.05, 0) is 18.3 Å². The minimum absolute atomic E-state index is 0.806. The first kappa shape index (κ1) is 2.31. The van der Waals surface area contributed by atoms with Crippen LogP contribution >= 0.6 is 0 Å². The van der Waals surface area contributed by atoms with Gasteiger partial charge < -0.3 is 5.32 Å². The third kappa shape index (κ3) is 0.0658. The first-order valence-corrected chi connectivity index (χ1v) is 2.68. The van der Waals surface area contributed by atoms with Crippen molar-refractivity contribution >= 4 is 0 Å². The van der Waals surface area contributed by atoms with E-state index >= 15 is 0 Å². The van der Waals surface area contributed by atoms with E-state index in [0.29, 0.717) is 0 Å². The molecule has 0 bridgehead atoms. The zero-order valence-electron chi connectivity index (χ0n) is 3.57. The number of hydrogen-bond acceptors (Lipinski definition) is 1. The van der Waals surface area contributed by atoms with Crippen molar-refractivity contribution in [3.8, 4) is 0 Å². The van der Waals surface area contributed by atoms with Gasteiger partial charge in [-0.1, -0.05) is 0 Å². The first-order chi connectivity index (χ1) is 2.93. The predicted octanol–water partition coefficient (Wildman–Crippen LogP) is -0.0219. The van der Waals surface area contributed by atoms with Crippen LogP contribution in [0.25, 0.3) is 0 Å². The van der Waals surface area contributed by atoms with Crippen molar-refractivity contribution in [3.63, 3.8) is 0 Å². The van der Waals surface area contributed by atoms with Crippen molar-refractivity contribution in [1.29, 1.82) is 0 Å². The Bertz CT molecular complexity index is 111. The van der Waals surface area contributed by atoms with Gasteiger partial charge in [0.2, 0.25) is 0 Å². The van der Waals surface area contributed by atoms with E-state index in [4.69, 9.17) is 0 Å². The molecule has 1 heteroatoms. The summed E-state index contributed by atoms with van der Waals surface area (Å²) in [5, 5.41) is 3.43. The van der Waals surface area contributed by atoms with Gasteiger partial charge in [0.05, 0.1) is 0 Å². The van der Waals surface area contributed by atoms with Crippen LogP contribution < -0.4 is 5.32 Å². The van der Waals surface area contributed by atoms with Gasteiger partial charge in [-0.25, -0.2) is 0 Å². The fraction of sp³-hybridized carbons (Fsp3) is 1.00. The van der Waals surface area contributed by atoms with Gasteiger partial charge in [-0.3, -0.25) is 0 Å². The minimum atomic E-state index is 0.806. The Balaban J connectivity index is 2.20. The van der Waals surface area contributed by atoms with E-state index in [2.05, 4.69) is 5.32 Å². The Kier molecular flexibility index (Phi) is 0.134. The summed E-state index contributed by atoms with van der Waals surface area (Å²) >= 11 is 0. The molecule has 1 aliphatic heterocycles. The van der Waals surface area contributed by atoms with E-state index in [1.807, 2.05) is 0 Å². The molecule has 0 aromatic rings. The monoisotopic (exact) mass is 81.1 g/mol. The summed E-state index contributed by atoms with van der Waals surface area (Å²) in [6, 6.07) is 0. The number of piperidine rings is 1. The lowest BCUT2D eigenvalue weighted by Crippen LogP contribution is -2.42. The number of rotatable bonds is 0. The van der Waals surface area contributed by atoms with Crippen molar-refractivity contribution in [3.05, 3.63) is 0 Å². The number of hydrogen-bond donors (Lipinski definition) is 1. The van der Waals surface area contributed by atoms with Crippen LogP contribution in [0.1, 0.15) is 6.42 Å². The maximum Gasteiger partial charge on any atom is 0.0261 e. The zero-order chi connectivity index (χ0) is 3.78. The Morgan fingerprint density at radius 3 is 2.33 bits per heavy atom. The molecule has 3 aliphatic rings. The quantitative estimate of drug-likeness (QED) is 0.432. The molecule has 3 unspecified atom stereocenters. The molecule has 3 atom stereocenters. The lowest BCUT2D eigenvalue weighted by Gasteiger charge is -2.22. The van der Waals surface area contributed by atoms with Crippen LogP contribution in [-0.4, -0.2) is 12.1 Å².